The molecule has 23 heavy (non-hydrogen) atoms. The Hall–Kier alpha value is -3.10. The van der Waals surface area contributed by atoms with Crippen molar-refractivity contribution in [3.63, 3.8) is 0 Å². The van der Waals surface area contributed by atoms with Crippen LogP contribution in [0.3, 0.4) is 0 Å². The summed E-state index contributed by atoms with van der Waals surface area (Å²) in [5.74, 6) is 0.848. The summed E-state index contributed by atoms with van der Waals surface area (Å²) in [6.45, 7) is 2.55. The Balaban J connectivity index is 1.71. The number of anilines is 1. The quantitative estimate of drug-likeness (QED) is 0.679. The van der Waals surface area contributed by atoms with E-state index in [0.717, 1.165) is 6.20 Å². The van der Waals surface area contributed by atoms with Gasteiger partial charge in [0.2, 0.25) is 5.91 Å². The van der Waals surface area contributed by atoms with Crippen molar-refractivity contribution in [2.75, 3.05) is 18.5 Å². The number of carbonyl (C=O) groups is 1. The van der Waals surface area contributed by atoms with Crippen molar-refractivity contribution in [2.24, 2.45) is 0 Å². The van der Waals surface area contributed by atoms with Crippen molar-refractivity contribution in [2.45, 2.75) is 13.0 Å². The second-order valence-electron chi connectivity index (χ2n) is 4.96. The summed E-state index contributed by atoms with van der Waals surface area (Å²) in [6.07, 6.45) is 2.32. The minimum Gasteiger partial charge on any atom is -0.486 e. The lowest BCUT2D eigenvalue weighted by Gasteiger charge is -2.19. The van der Waals surface area contributed by atoms with Crippen LogP contribution in [-0.4, -0.2) is 33.8 Å². The monoisotopic (exact) mass is 318 g/mol. The van der Waals surface area contributed by atoms with E-state index in [-0.39, 0.29) is 11.6 Å². The van der Waals surface area contributed by atoms with Gasteiger partial charge in [0.1, 0.15) is 31.6 Å². The lowest BCUT2D eigenvalue weighted by atomic mass is 10.2. The highest BCUT2D eigenvalue weighted by Gasteiger charge is 2.20. The molecule has 2 aromatic rings. The van der Waals surface area contributed by atoms with Gasteiger partial charge in [0.05, 0.1) is 4.92 Å². The molecule has 9 heteroatoms. The van der Waals surface area contributed by atoms with Gasteiger partial charge >= 0.3 is 5.69 Å². The van der Waals surface area contributed by atoms with Gasteiger partial charge in [0.15, 0.2) is 11.5 Å². The van der Waals surface area contributed by atoms with E-state index in [2.05, 4.69) is 10.4 Å². The van der Waals surface area contributed by atoms with Crippen molar-refractivity contribution < 1.29 is 19.2 Å². The average Bonchev–Trinajstić information content (AvgIpc) is 3.04. The predicted molar refractivity (Wildman–Crippen MR) is 79.7 cm³/mol. The number of nitro groups is 1. The van der Waals surface area contributed by atoms with E-state index in [4.69, 9.17) is 9.47 Å². The third kappa shape index (κ3) is 3.07. The first-order valence-electron chi connectivity index (χ1n) is 6.93. The van der Waals surface area contributed by atoms with Gasteiger partial charge in [0.25, 0.3) is 0 Å². The van der Waals surface area contributed by atoms with E-state index in [1.807, 2.05) is 0 Å². The lowest BCUT2D eigenvalue weighted by molar-refractivity contribution is -0.385. The van der Waals surface area contributed by atoms with Crippen LogP contribution >= 0.6 is 0 Å². The molecule has 1 N–H and O–H groups in total. The molecule has 0 radical (unpaired) electrons. The fraction of sp³-hybridized carbons (Fsp3) is 0.286. The topological polar surface area (TPSA) is 109 Å². The zero-order valence-electron chi connectivity index (χ0n) is 12.3. The minimum absolute atomic E-state index is 0.163. The molecular weight excluding hydrogens is 304 g/mol. The first-order chi connectivity index (χ1) is 11.0. The zero-order chi connectivity index (χ0) is 16.4. The number of fused-ring (bicyclic) bond motifs is 1. The maximum absolute atomic E-state index is 12.2. The number of aromatic nitrogens is 2. The summed E-state index contributed by atoms with van der Waals surface area (Å²) in [6, 6.07) is 4.39. The van der Waals surface area contributed by atoms with Crippen LogP contribution in [0.5, 0.6) is 11.5 Å². The first-order valence-corrected chi connectivity index (χ1v) is 6.93. The zero-order valence-corrected chi connectivity index (χ0v) is 12.3. The van der Waals surface area contributed by atoms with Crippen LogP contribution < -0.4 is 14.8 Å². The van der Waals surface area contributed by atoms with Gasteiger partial charge in [-0.2, -0.15) is 5.10 Å². The van der Waals surface area contributed by atoms with Crippen molar-refractivity contribution in [3.05, 3.63) is 40.7 Å². The van der Waals surface area contributed by atoms with Crippen LogP contribution in [0.25, 0.3) is 0 Å². The number of hydrogen-bond acceptors (Lipinski definition) is 6. The van der Waals surface area contributed by atoms with Crippen molar-refractivity contribution in [1.29, 1.82) is 0 Å². The summed E-state index contributed by atoms with van der Waals surface area (Å²) in [5, 5.41) is 17.2. The Bertz CT molecular complexity index is 757. The largest absolute Gasteiger partial charge is 0.486 e. The van der Waals surface area contributed by atoms with Gasteiger partial charge in [0, 0.05) is 11.8 Å². The Morgan fingerprint density at radius 1 is 1.39 bits per heavy atom. The smallest absolute Gasteiger partial charge is 0.307 e. The third-order valence-electron chi connectivity index (χ3n) is 3.38. The number of nitrogens with zero attached hydrogens (tertiary/aromatic N) is 3. The molecule has 1 unspecified atom stereocenters. The molecule has 0 spiro atoms. The molecule has 0 aliphatic carbocycles. The fourth-order valence-corrected chi connectivity index (χ4v) is 2.12. The van der Waals surface area contributed by atoms with Crippen molar-refractivity contribution >= 4 is 17.3 Å². The highest BCUT2D eigenvalue weighted by molar-refractivity contribution is 5.93. The van der Waals surface area contributed by atoms with Crippen molar-refractivity contribution in [1.82, 2.24) is 9.78 Å². The molecule has 1 aliphatic heterocycles. The molecule has 120 valence electrons. The molecule has 0 bridgehead atoms. The van der Waals surface area contributed by atoms with E-state index in [0.29, 0.717) is 30.4 Å². The van der Waals surface area contributed by atoms with Crippen molar-refractivity contribution in [3.8, 4) is 11.5 Å². The molecule has 1 aliphatic rings. The number of nitrogens with one attached hydrogen (secondary N) is 1. The maximum Gasteiger partial charge on any atom is 0.307 e. The van der Waals surface area contributed by atoms with Crippen LogP contribution in [0, 0.1) is 10.1 Å². The number of hydrogen-bond donors (Lipinski definition) is 1. The van der Waals surface area contributed by atoms with Gasteiger partial charge in [-0.15, -0.1) is 0 Å². The summed E-state index contributed by atoms with van der Waals surface area (Å²) >= 11 is 0. The highest BCUT2D eigenvalue weighted by Crippen LogP contribution is 2.32. The molecular formula is C14H14N4O5. The first kappa shape index (κ1) is 14.8. The van der Waals surface area contributed by atoms with E-state index in [9.17, 15) is 14.9 Å². The van der Waals surface area contributed by atoms with E-state index in [1.165, 1.54) is 10.9 Å². The molecule has 2 heterocycles. The number of ether oxygens (including phenoxy) is 2. The summed E-state index contributed by atoms with van der Waals surface area (Å²) in [7, 11) is 0. The predicted octanol–water partition coefficient (Wildman–Crippen LogP) is 1.76. The molecule has 3 rings (SSSR count). The van der Waals surface area contributed by atoms with Gasteiger partial charge in [-0.25, -0.2) is 0 Å². The molecule has 9 nitrogen and oxygen atoms in total. The average molecular weight is 318 g/mol. The molecule has 1 amide bonds. The summed E-state index contributed by atoms with van der Waals surface area (Å²) in [5.41, 5.74) is 0.386. The number of carbonyl (C=O) groups excluding carboxylic acids is 1. The second kappa shape index (κ2) is 5.95. The van der Waals surface area contributed by atoms with Crippen LogP contribution in [-0.2, 0) is 4.79 Å². The highest BCUT2D eigenvalue weighted by atomic mass is 16.6. The van der Waals surface area contributed by atoms with Gasteiger partial charge in [-0.3, -0.25) is 19.6 Å². The Labute approximate surface area is 131 Å². The van der Waals surface area contributed by atoms with Crippen LogP contribution in [0.1, 0.15) is 13.0 Å². The third-order valence-corrected chi connectivity index (χ3v) is 3.38. The fourth-order valence-electron chi connectivity index (χ4n) is 2.12. The van der Waals surface area contributed by atoms with Crippen LogP contribution in [0.15, 0.2) is 30.6 Å². The Morgan fingerprint density at radius 2 is 2.13 bits per heavy atom. The van der Waals surface area contributed by atoms with E-state index >= 15 is 0 Å². The Morgan fingerprint density at radius 3 is 2.83 bits per heavy atom. The molecule has 0 fully saturated rings. The standard InChI is InChI=1S/C14H14N4O5/c1-9(17-8-11(7-15-17)18(20)21)14(19)16-10-2-3-12-13(6-10)23-5-4-22-12/h2-3,6-9H,4-5H2,1H3,(H,16,19). The number of benzene rings is 1. The minimum atomic E-state index is -0.697. The van der Waals surface area contributed by atoms with Crippen LogP contribution in [0.2, 0.25) is 0 Å². The molecule has 0 saturated carbocycles. The van der Waals surface area contributed by atoms with Gasteiger partial charge in [-0.05, 0) is 19.1 Å². The Kier molecular flexibility index (Phi) is 3.83. The van der Waals surface area contributed by atoms with Gasteiger partial charge < -0.3 is 14.8 Å². The second-order valence-corrected chi connectivity index (χ2v) is 4.96. The lowest BCUT2D eigenvalue weighted by Crippen LogP contribution is -2.24. The summed E-state index contributed by atoms with van der Waals surface area (Å²) < 4.78 is 12.1. The maximum atomic E-state index is 12.2. The molecule has 0 saturated heterocycles. The number of rotatable bonds is 4. The molecule has 1 aromatic carbocycles. The number of amides is 1. The SMILES string of the molecule is CC(C(=O)Nc1ccc2c(c1)OCCO2)n1cc([N+](=O)[O-])cn1. The summed E-state index contributed by atoms with van der Waals surface area (Å²) in [4.78, 5) is 22.3. The van der Waals surface area contributed by atoms with Gasteiger partial charge in [-0.1, -0.05) is 0 Å². The molecule has 1 atom stereocenters. The van der Waals surface area contributed by atoms with E-state index < -0.39 is 11.0 Å². The van der Waals surface area contributed by atoms with Crippen LogP contribution in [0.4, 0.5) is 11.4 Å². The van der Waals surface area contributed by atoms with E-state index in [1.54, 1.807) is 25.1 Å². The molecule has 1 aromatic heterocycles. The normalized spacial score (nSPS) is 14.1.